The van der Waals surface area contributed by atoms with Gasteiger partial charge in [-0.15, -0.1) is 0 Å². The number of halogens is 1. The van der Waals surface area contributed by atoms with Crippen LogP contribution in [0.15, 0.2) is 42.9 Å². The Kier molecular flexibility index (Phi) is 5.86. The molecule has 2 unspecified atom stereocenters. The number of aliphatic hydroxyl groups is 1. The molecule has 1 heterocycles. The van der Waals surface area contributed by atoms with Gasteiger partial charge in [0.1, 0.15) is 12.0 Å². The molecule has 0 saturated carbocycles. The third kappa shape index (κ3) is 4.51. The van der Waals surface area contributed by atoms with Crippen molar-refractivity contribution in [3.63, 3.8) is 0 Å². The third-order valence-corrected chi connectivity index (χ3v) is 3.56. The molecule has 0 aliphatic rings. The Morgan fingerprint density at radius 3 is 2.73 bits per heavy atom. The predicted octanol–water partition coefficient (Wildman–Crippen LogP) is 2.41. The van der Waals surface area contributed by atoms with Crippen molar-refractivity contribution in [2.24, 2.45) is 0 Å². The van der Waals surface area contributed by atoms with Gasteiger partial charge in [-0.25, -0.2) is 9.97 Å². The van der Waals surface area contributed by atoms with E-state index >= 15 is 0 Å². The zero-order valence-corrected chi connectivity index (χ0v) is 13.0. The summed E-state index contributed by atoms with van der Waals surface area (Å²) in [5.41, 5.74) is 1.22. The fourth-order valence-corrected chi connectivity index (χ4v) is 2.44. The van der Waals surface area contributed by atoms with E-state index in [1.165, 1.54) is 12.5 Å². The molecule has 0 bridgehead atoms. The minimum absolute atomic E-state index is 0.0192. The number of carbonyl (C=O) groups excluding carboxylic acids is 1. The van der Waals surface area contributed by atoms with Crippen LogP contribution in [-0.2, 0) is 0 Å². The summed E-state index contributed by atoms with van der Waals surface area (Å²) in [6.45, 7) is 2.13. The van der Waals surface area contributed by atoms with E-state index in [4.69, 9.17) is 11.6 Å². The molecule has 22 heavy (non-hydrogen) atoms. The third-order valence-electron chi connectivity index (χ3n) is 3.29. The van der Waals surface area contributed by atoms with Crippen LogP contribution < -0.4 is 5.32 Å². The summed E-state index contributed by atoms with van der Waals surface area (Å²) in [4.78, 5) is 19.8. The molecule has 2 atom stereocenters. The summed E-state index contributed by atoms with van der Waals surface area (Å²) in [6, 6.07) is 9.77. The summed E-state index contributed by atoms with van der Waals surface area (Å²) in [6.07, 6.45) is 2.77. The Balaban J connectivity index is 2.05. The summed E-state index contributed by atoms with van der Waals surface area (Å²) < 4.78 is 0. The van der Waals surface area contributed by atoms with Crippen molar-refractivity contribution in [2.75, 3.05) is 6.54 Å². The van der Waals surface area contributed by atoms with E-state index in [-0.39, 0.29) is 22.5 Å². The average Bonchev–Trinajstić information content (AvgIpc) is 2.52. The largest absolute Gasteiger partial charge is 0.393 e. The van der Waals surface area contributed by atoms with Crippen LogP contribution in [-0.4, -0.2) is 33.6 Å². The van der Waals surface area contributed by atoms with E-state index in [9.17, 15) is 9.90 Å². The van der Waals surface area contributed by atoms with Gasteiger partial charge in [-0.2, -0.15) is 0 Å². The molecular formula is C16H18ClN3O2. The zero-order chi connectivity index (χ0) is 15.9. The minimum atomic E-state index is -0.454. The van der Waals surface area contributed by atoms with Crippen LogP contribution in [0.2, 0.25) is 5.02 Å². The molecule has 6 heteroatoms. The van der Waals surface area contributed by atoms with Crippen LogP contribution in [0, 0.1) is 0 Å². The highest BCUT2D eigenvalue weighted by Crippen LogP contribution is 2.21. The SMILES string of the molecule is CC(O)CC(CNC(=O)c1ncncc1Cl)c1ccccc1. The molecule has 5 nitrogen and oxygen atoms in total. The second-order valence-corrected chi connectivity index (χ2v) is 5.53. The van der Waals surface area contributed by atoms with Gasteiger partial charge in [0.2, 0.25) is 0 Å². The van der Waals surface area contributed by atoms with E-state index in [2.05, 4.69) is 15.3 Å². The molecule has 1 aromatic heterocycles. The number of aromatic nitrogens is 2. The van der Waals surface area contributed by atoms with Gasteiger partial charge in [0.15, 0.2) is 0 Å². The van der Waals surface area contributed by atoms with E-state index in [0.29, 0.717) is 13.0 Å². The Morgan fingerprint density at radius 1 is 1.36 bits per heavy atom. The van der Waals surface area contributed by atoms with Crippen molar-refractivity contribution < 1.29 is 9.90 Å². The zero-order valence-electron chi connectivity index (χ0n) is 12.2. The molecule has 2 rings (SSSR count). The van der Waals surface area contributed by atoms with Crippen LogP contribution in [0.5, 0.6) is 0 Å². The maximum Gasteiger partial charge on any atom is 0.271 e. The van der Waals surface area contributed by atoms with Gasteiger partial charge >= 0.3 is 0 Å². The number of carbonyl (C=O) groups is 1. The number of amides is 1. The van der Waals surface area contributed by atoms with Crippen LogP contribution in [0.3, 0.4) is 0 Å². The molecule has 0 saturated heterocycles. The lowest BCUT2D eigenvalue weighted by Gasteiger charge is -2.19. The first-order chi connectivity index (χ1) is 10.6. The Bertz CT molecular complexity index is 620. The first-order valence-electron chi connectivity index (χ1n) is 7.04. The molecule has 1 aromatic carbocycles. The highest BCUT2D eigenvalue weighted by molar-refractivity contribution is 6.33. The lowest BCUT2D eigenvalue weighted by molar-refractivity contribution is 0.0940. The summed E-state index contributed by atoms with van der Waals surface area (Å²) in [5.74, 6) is -0.329. The van der Waals surface area contributed by atoms with Gasteiger partial charge in [0.25, 0.3) is 5.91 Å². The summed E-state index contributed by atoms with van der Waals surface area (Å²) in [7, 11) is 0. The van der Waals surface area contributed by atoms with Crippen molar-refractivity contribution in [1.29, 1.82) is 0 Å². The molecule has 0 radical (unpaired) electrons. The second kappa shape index (κ2) is 7.87. The minimum Gasteiger partial charge on any atom is -0.393 e. The molecule has 0 spiro atoms. The van der Waals surface area contributed by atoms with Crippen molar-refractivity contribution in [1.82, 2.24) is 15.3 Å². The predicted molar refractivity (Wildman–Crippen MR) is 84.9 cm³/mol. The lowest BCUT2D eigenvalue weighted by Crippen LogP contribution is -2.30. The van der Waals surface area contributed by atoms with Crippen LogP contribution in [0.1, 0.15) is 35.3 Å². The molecule has 116 valence electrons. The number of rotatable bonds is 6. The summed E-state index contributed by atoms with van der Waals surface area (Å²) in [5, 5.41) is 12.7. The molecule has 0 fully saturated rings. The first kappa shape index (κ1) is 16.4. The van der Waals surface area contributed by atoms with Gasteiger partial charge in [0, 0.05) is 18.7 Å². The highest BCUT2D eigenvalue weighted by Gasteiger charge is 2.17. The van der Waals surface area contributed by atoms with E-state index in [0.717, 1.165) is 5.56 Å². The fourth-order valence-electron chi connectivity index (χ4n) is 2.25. The van der Waals surface area contributed by atoms with Crippen molar-refractivity contribution in [3.8, 4) is 0 Å². The highest BCUT2D eigenvalue weighted by atomic mass is 35.5. The van der Waals surface area contributed by atoms with Crippen LogP contribution >= 0.6 is 11.6 Å². The fraction of sp³-hybridized carbons (Fsp3) is 0.312. The monoisotopic (exact) mass is 319 g/mol. The number of aliphatic hydroxyl groups excluding tert-OH is 1. The number of hydrogen-bond acceptors (Lipinski definition) is 4. The molecule has 0 aliphatic carbocycles. The van der Waals surface area contributed by atoms with Gasteiger partial charge in [0.05, 0.1) is 11.1 Å². The Morgan fingerprint density at radius 2 is 2.09 bits per heavy atom. The maximum absolute atomic E-state index is 12.1. The van der Waals surface area contributed by atoms with E-state index in [1.807, 2.05) is 30.3 Å². The van der Waals surface area contributed by atoms with Crippen molar-refractivity contribution in [2.45, 2.75) is 25.4 Å². The smallest absolute Gasteiger partial charge is 0.271 e. The van der Waals surface area contributed by atoms with Crippen molar-refractivity contribution >= 4 is 17.5 Å². The second-order valence-electron chi connectivity index (χ2n) is 5.12. The van der Waals surface area contributed by atoms with E-state index in [1.54, 1.807) is 6.92 Å². The summed E-state index contributed by atoms with van der Waals surface area (Å²) >= 11 is 5.91. The van der Waals surface area contributed by atoms with Crippen LogP contribution in [0.25, 0.3) is 0 Å². The van der Waals surface area contributed by atoms with Gasteiger partial charge in [-0.1, -0.05) is 41.9 Å². The number of nitrogens with zero attached hydrogens (tertiary/aromatic N) is 2. The van der Waals surface area contributed by atoms with E-state index < -0.39 is 6.10 Å². The quantitative estimate of drug-likeness (QED) is 0.857. The molecule has 0 aliphatic heterocycles. The van der Waals surface area contributed by atoms with Gasteiger partial charge < -0.3 is 10.4 Å². The van der Waals surface area contributed by atoms with Crippen LogP contribution in [0.4, 0.5) is 0 Å². The standard InChI is InChI=1S/C16H18ClN3O2/c1-11(21)7-13(12-5-3-2-4-6-12)8-19-16(22)15-14(17)9-18-10-20-15/h2-6,9-11,13,21H,7-8H2,1H3,(H,19,22). The molecular weight excluding hydrogens is 302 g/mol. The molecule has 2 N–H and O–H groups in total. The lowest BCUT2D eigenvalue weighted by atomic mass is 9.93. The molecule has 1 amide bonds. The Labute approximate surface area is 134 Å². The van der Waals surface area contributed by atoms with Crippen molar-refractivity contribution in [3.05, 3.63) is 59.1 Å². The topological polar surface area (TPSA) is 75.1 Å². The maximum atomic E-state index is 12.1. The molecule has 2 aromatic rings. The normalized spacial score (nSPS) is 13.4. The van der Waals surface area contributed by atoms with Gasteiger partial charge in [-0.05, 0) is 18.9 Å². The average molecular weight is 320 g/mol. The number of nitrogens with one attached hydrogen (secondary N) is 1. The van der Waals surface area contributed by atoms with Gasteiger partial charge in [-0.3, -0.25) is 4.79 Å². The number of hydrogen-bond donors (Lipinski definition) is 2. The number of benzene rings is 1. The first-order valence-corrected chi connectivity index (χ1v) is 7.42. The Hall–Kier alpha value is -1.98.